The van der Waals surface area contributed by atoms with Gasteiger partial charge in [0.05, 0.1) is 6.61 Å². The molecule has 0 aromatic carbocycles. The van der Waals surface area contributed by atoms with Crippen LogP contribution in [-0.4, -0.2) is 30.4 Å². The number of nitrogens with zero attached hydrogens (tertiary/aromatic N) is 1. The van der Waals surface area contributed by atoms with E-state index in [4.69, 9.17) is 5.11 Å². The van der Waals surface area contributed by atoms with Gasteiger partial charge < -0.3 is 5.11 Å². The first-order valence-electron chi connectivity index (χ1n) is 6.79. The lowest BCUT2D eigenvalue weighted by Crippen LogP contribution is -2.43. The highest BCUT2D eigenvalue weighted by molar-refractivity contribution is 7.91. The molecule has 1 N–H and O–H groups in total. The van der Waals surface area contributed by atoms with E-state index in [1.807, 2.05) is 0 Å². The molecule has 108 valence electrons. The number of hydrogen-bond donors (Lipinski definition) is 1. The van der Waals surface area contributed by atoms with Crippen LogP contribution in [0.25, 0.3) is 0 Å². The smallest absolute Gasteiger partial charge is 0.252 e. The predicted octanol–water partition coefficient (Wildman–Crippen LogP) is 2.58. The normalized spacial score (nSPS) is 21.7. The number of sulfonamides is 1. The molecular weight excluding hydrogens is 282 g/mol. The minimum absolute atomic E-state index is 0.107. The summed E-state index contributed by atoms with van der Waals surface area (Å²) in [4.78, 5) is 0. The van der Waals surface area contributed by atoms with Gasteiger partial charge in [-0.05, 0) is 36.3 Å². The third kappa shape index (κ3) is 3.18. The molecule has 0 bridgehead atoms. The van der Waals surface area contributed by atoms with Crippen molar-refractivity contribution >= 4 is 21.4 Å². The third-order valence-electron chi connectivity index (χ3n) is 3.57. The van der Waals surface area contributed by atoms with Gasteiger partial charge in [0.1, 0.15) is 4.21 Å². The van der Waals surface area contributed by atoms with Crippen LogP contribution in [0.4, 0.5) is 0 Å². The average Bonchev–Trinajstić information content (AvgIpc) is 2.89. The van der Waals surface area contributed by atoms with Crippen LogP contribution in [0, 0.1) is 0 Å². The molecule has 0 spiro atoms. The zero-order chi connectivity index (χ0) is 13.9. The second-order valence-electron chi connectivity index (χ2n) is 4.99. The summed E-state index contributed by atoms with van der Waals surface area (Å²) < 4.78 is 27.3. The molecule has 19 heavy (non-hydrogen) atoms. The number of piperidine rings is 1. The zero-order valence-corrected chi connectivity index (χ0v) is 12.8. The maximum Gasteiger partial charge on any atom is 0.252 e. The maximum atomic E-state index is 12.7. The van der Waals surface area contributed by atoms with Gasteiger partial charge in [-0.25, -0.2) is 8.42 Å². The van der Waals surface area contributed by atoms with Crippen LogP contribution in [0.2, 0.25) is 0 Å². The first-order chi connectivity index (χ1) is 9.09. The Balaban J connectivity index is 2.25. The highest BCUT2D eigenvalue weighted by atomic mass is 32.2. The van der Waals surface area contributed by atoms with E-state index in [0.717, 1.165) is 32.1 Å². The number of hydrogen-bond acceptors (Lipinski definition) is 4. The number of aliphatic hydroxyl groups is 1. The standard InChI is InChI=1S/C13H21NO3S2/c1-2-5-12-6-3-4-7-14(12)19(16,17)13-8-11(9-15)10-18-13/h8,10,12,15H,2-7,9H2,1H3. The molecule has 0 radical (unpaired) electrons. The van der Waals surface area contributed by atoms with Gasteiger partial charge in [-0.1, -0.05) is 19.8 Å². The molecule has 1 aliphatic rings. The lowest BCUT2D eigenvalue weighted by molar-refractivity contribution is 0.240. The van der Waals surface area contributed by atoms with E-state index >= 15 is 0 Å². The van der Waals surface area contributed by atoms with Crippen molar-refractivity contribution in [1.29, 1.82) is 0 Å². The van der Waals surface area contributed by atoms with Gasteiger partial charge in [-0.15, -0.1) is 11.3 Å². The molecule has 1 aromatic heterocycles. The van der Waals surface area contributed by atoms with Crippen LogP contribution in [0.15, 0.2) is 15.7 Å². The lowest BCUT2D eigenvalue weighted by atomic mass is 10.0. The molecule has 1 saturated heterocycles. The summed E-state index contributed by atoms with van der Waals surface area (Å²) in [6.07, 6.45) is 4.95. The molecule has 2 rings (SSSR count). The molecule has 4 nitrogen and oxygen atoms in total. The molecule has 1 fully saturated rings. The Morgan fingerprint density at radius 1 is 1.47 bits per heavy atom. The molecule has 0 aliphatic carbocycles. The highest BCUT2D eigenvalue weighted by Crippen LogP contribution is 2.30. The van der Waals surface area contributed by atoms with E-state index in [2.05, 4.69) is 6.92 Å². The minimum Gasteiger partial charge on any atom is -0.392 e. The Bertz CT molecular complexity index is 508. The van der Waals surface area contributed by atoms with Crippen molar-refractivity contribution in [2.45, 2.75) is 55.9 Å². The van der Waals surface area contributed by atoms with E-state index in [1.165, 1.54) is 11.3 Å². The summed E-state index contributed by atoms with van der Waals surface area (Å²) in [5.74, 6) is 0. The van der Waals surface area contributed by atoms with Crippen molar-refractivity contribution in [3.8, 4) is 0 Å². The SMILES string of the molecule is CCCC1CCCCN1S(=O)(=O)c1cc(CO)cs1. The Morgan fingerprint density at radius 2 is 2.26 bits per heavy atom. The summed E-state index contributed by atoms with van der Waals surface area (Å²) in [6, 6.07) is 1.74. The number of aliphatic hydroxyl groups excluding tert-OH is 1. The van der Waals surface area contributed by atoms with Crippen molar-refractivity contribution in [3.63, 3.8) is 0 Å². The monoisotopic (exact) mass is 303 g/mol. The summed E-state index contributed by atoms with van der Waals surface area (Å²) in [5.41, 5.74) is 0.674. The summed E-state index contributed by atoms with van der Waals surface area (Å²) in [5, 5.41) is 10.8. The Kier molecular flexibility index (Phi) is 5.00. The topological polar surface area (TPSA) is 57.6 Å². The van der Waals surface area contributed by atoms with Gasteiger partial charge in [-0.2, -0.15) is 4.31 Å². The van der Waals surface area contributed by atoms with Gasteiger partial charge in [0, 0.05) is 12.6 Å². The van der Waals surface area contributed by atoms with Crippen molar-refractivity contribution in [3.05, 3.63) is 17.0 Å². The van der Waals surface area contributed by atoms with Crippen LogP contribution >= 0.6 is 11.3 Å². The lowest BCUT2D eigenvalue weighted by Gasteiger charge is -2.34. The zero-order valence-electron chi connectivity index (χ0n) is 11.2. The molecule has 1 aliphatic heterocycles. The van der Waals surface area contributed by atoms with Crippen LogP contribution in [0.1, 0.15) is 44.6 Å². The first kappa shape index (κ1) is 15.0. The number of rotatable bonds is 5. The summed E-state index contributed by atoms with van der Waals surface area (Å²) >= 11 is 1.21. The van der Waals surface area contributed by atoms with Gasteiger partial charge in [-0.3, -0.25) is 0 Å². The molecule has 2 heterocycles. The van der Waals surface area contributed by atoms with Crippen molar-refractivity contribution in [2.24, 2.45) is 0 Å². The fourth-order valence-electron chi connectivity index (χ4n) is 2.60. The average molecular weight is 303 g/mol. The minimum atomic E-state index is -3.38. The van der Waals surface area contributed by atoms with Crippen molar-refractivity contribution < 1.29 is 13.5 Å². The second-order valence-corrected chi connectivity index (χ2v) is 8.01. The van der Waals surface area contributed by atoms with Crippen LogP contribution in [0.5, 0.6) is 0 Å². The highest BCUT2D eigenvalue weighted by Gasteiger charge is 2.33. The van der Waals surface area contributed by atoms with E-state index in [1.54, 1.807) is 15.8 Å². The molecular formula is C13H21NO3S2. The largest absolute Gasteiger partial charge is 0.392 e. The fourth-order valence-corrected chi connectivity index (χ4v) is 5.65. The van der Waals surface area contributed by atoms with E-state index in [-0.39, 0.29) is 12.6 Å². The van der Waals surface area contributed by atoms with Gasteiger partial charge >= 0.3 is 0 Å². The van der Waals surface area contributed by atoms with E-state index < -0.39 is 10.0 Å². The predicted molar refractivity (Wildman–Crippen MR) is 76.7 cm³/mol. The molecule has 0 saturated carbocycles. The van der Waals surface area contributed by atoms with E-state index in [0.29, 0.717) is 16.3 Å². The molecule has 1 aromatic rings. The molecule has 1 unspecified atom stereocenters. The quantitative estimate of drug-likeness (QED) is 0.909. The molecule has 6 heteroatoms. The summed E-state index contributed by atoms with van der Waals surface area (Å²) in [6.45, 7) is 2.61. The van der Waals surface area contributed by atoms with Gasteiger partial charge in [0.25, 0.3) is 10.0 Å². The van der Waals surface area contributed by atoms with Crippen LogP contribution < -0.4 is 0 Å². The van der Waals surface area contributed by atoms with Crippen LogP contribution in [0.3, 0.4) is 0 Å². The maximum absolute atomic E-state index is 12.7. The fraction of sp³-hybridized carbons (Fsp3) is 0.692. The third-order valence-corrected chi connectivity index (χ3v) is 6.99. The second kappa shape index (κ2) is 6.35. The molecule has 1 atom stereocenters. The van der Waals surface area contributed by atoms with E-state index in [9.17, 15) is 8.42 Å². The number of thiophene rings is 1. The molecule has 0 amide bonds. The summed E-state index contributed by atoms with van der Waals surface area (Å²) in [7, 11) is -3.38. The Labute approximate surface area is 119 Å². The first-order valence-corrected chi connectivity index (χ1v) is 9.11. The van der Waals surface area contributed by atoms with Gasteiger partial charge in [0.2, 0.25) is 0 Å². The van der Waals surface area contributed by atoms with Crippen LogP contribution in [-0.2, 0) is 16.6 Å². The van der Waals surface area contributed by atoms with Gasteiger partial charge in [0.15, 0.2) is 0 Å². The van der Waals surface area contributed by atoms with Crippen molar-refractivity contribution in [2.75, 3.05) is 6.54 Å². The Morgan fingerprint density at radius 3 is 2.89 bits per heavy atom. The Hall–Kier alpha value is -0.430. The van der Waals surface area contributed by atoms with Crippen molar-refractivity contribution in [1.82, 2.24) is 4.31 Å².